The summed E-state index contributed by atoms with van der Waals surface area (Å²) in [7, 11) is 0.547. The second kappa shape index (κ2) is 6.97. The lowest BCUT2D eigenvalue weighted by atomic mass is 10.1. The normalized spacial score (nSPS) is 12.7. The van der Waals surface area contributed by atoms with Crippen LogP contribution in [0, 0.1) is 0 Å². The van der Waals surface area contributed by atoms with Crippen LogP contribution in [0.1, 0.15) is 32.1 Å². The average molecular weight is 431 g/mol. The summed E-state index contributed by atoms with van der Waals surface area (Å²) in [5, 5.41) is 15.0. The fourth-order valence-corrected chi connectivity index (χ4v) is 2.21. The number of hydrogen-bond acceptors (Lipinski definition) is 5. The first-order chi connectivity index (χ1) is 13.1. The summed E-state index contributed by atoms with van der Waals surface area (Å²) >= 11 is 0. The number of hydrogen-bond donors (Lipinski definition) is 1. The number of anilines is 1. The quantitative estimate of drug-likeness (QED) is 0.748. The Balaban J connectivity index is 2.60. The Morgan fingerprint density at radius 3 is 2.17 bits per heavy atom. The molecule has 7 nitrogen and oxygen atoms in total. The number of pyridine rings is 1. The molecule has 0 bridgehead atoms. The van der Waals surface area contributed by atoms with Crippen molar-refractivity contribution >= 4 is 17.7 Å². The molecule has 0 fully saturated rings. The fourth-order valence-electron chi connectivity index (χ4n) is 2.21. The summed E-state index contributed by atoms with van der Waals surface area (Å²) in [5.41, 5.74) is -7.52. The second-order valence-electron chi connectivity index (χ2n) is 5.44. The molecule has 29 heavy (non-hydrogen) atoms. The Bertz CT molecular complexity index is 965. The highest BCUT2D eigenvalue weighted by Gasteiger charge is 2.64. The SMILES string of the molecule is Cn1nc(C(F)(F)C(F)(F)F)c(C(F)(F)F)c1C(=O)Nc1cc(C(=O)[O-])ccn1. The van der Waals surface area contributed by atoms with E-state index >= 15 is 0 Å². The Labute approximate surface area is 154 Å². The highest BCUT2D eigenvalue weighted by molar-refractivity contribution is 6.04. The highest BCUT2D eigenvalue weighted by Crippen LogP contribution is 2.48. The monoisotopic (exact) mass is 431 g/mol. The Hall–Kier alpha value is -3.26. The van der Waals surface area contributed by atoms with Crippen LogP contribution >= 0.6 is 0 Å². The Morgan fingerprint density at radius 2 is 1.69 bits per heavy atom. The maximum absolute atomic E-state index is 13.6. The van der Waals surface area contributed by atoms with E-state index in [2.05, 4.69) is 10.1 Å². The van der Waals surface area contributed by atoms with E-state index in [9.17, 15) is 49.8 Å². The van der Waals surface area contributed by atoms with Gasteiger partial charge in [-0.2, -0.15) is 40.2 Å². The van der Waals surface area contributed by atoms with E-state index < -0.39 is 58.5 Å². The first kappa shape index (κ1) is 22.0. The molecule has 2 aromatic heterocycles. The van der Waals surface area contributed by atoms with E-state index in [1.807, 2.05) is 0 Å². The Kier molecular flexibility index (Phi) is 5.29. The lowest BCUT2D eigenvalue weighted by Gasteiger charge is -2.19. The van der Waals surface area contributed by atoms with Crippen LogP contribution in [-0.4, -0.2) is 32.8 Å². The number of aromatic carboxylic acids is 1. The third-order valence-electron chi connectivity index (χ3n) is 3.44. The second-order valence-corrected chi connectivity index (χ2v) is 5.44. The summed E-state index contributed by atoms with van der Waals surface area (Å²) in [6.45, 7) is 0. The van der Waals surface area contributed by atoms with Gasteiger partial charge in [0.1, 0.15) is 17.1 Å². The number of rotatable bonds is 4. The van der Waals surface area contributed by atoms with Crippen molar-refractivity contribution in [1.82, 2.24) is 14.8 Å². The molecule has 0 atom stereocenters. The van der Waals surface area contributed by atoms with Gasteiger partial charge in [0.05, 0.1) is 5.97 Å². The molecule has 0 radical (unpaired) electrons. The number of nitrogens with one attached hydrogen (secondary N) is 1. The van der Waals surface area contributed by atoms with Gasteiger partial charge in [-0.25, -0.2) is 4.98 Å². The molecule has 1 N–H and O–H groups in total. The number of amides is 1. The predicted molar refractivity (Wildman–Crippen MR) is 74.7 cm³/mol. The fraction of sp³-hybridized carbons (Fsp3) is 0.286. The number of halogens is 8. The summed E-state index contributed by atoms with van der Waals surface area (Å²) in [6, 6.07) is 1.58. The van der Waals surface area contributed by atoms with E-state index in [1.165, 1.54) is 0 Å². The number of carboxylic acid groups (broad SMARTS) is 1. The third-order valence-corrected chi connectivity index (χ3v) is 3.44. The molecule has 0 aliphatic carbocycles. The minimum absolute atomic E-state index is 0.101. The topological polar surface area (TPSA) is 99.9 Å². The molecule has 0 saturated carbocycles. The van der Waals surface area contributed by atoms with Gasteiger partial charge in [-0.05, 0) is 12.1 Å². The zero-order valence-corrected chi connectivity index (χ0v) is 13.8. The van der Waals surface area contributed by atoms with Gasteiger partial charge in [0.25, 0.3) is 5.91 Å². The third kappa shape index (κ3) is 4.12. The van der Waals surface area contributed by atoms with Crippen LogP contribution in [-0.2, 0) is 19.1 Å². The first-order valence-corrected chi connectivity index (χ1v) is 7.15. The molecular formula is C14H7F8N4O3-. The van der Waals surface area contributed by atoms with Gasteiger partial charge < -0.3 is 15.2 Å². The molecule has 2 aromatic rings. The van der Waals surface area contributed by atoms with Crippen LogP contribution in [0.5, 0.6) is 0 Å². The van der Waals surface area contributed by atoms with Crippen molar-refractivity contribution in [1.29, 1.82) is 0 Å². The minimum Gasteiger partial charge on any atom is -0.545 e. The lowest BCUT2D eigenvalue weighted by Crippen LogP contribution is -2.36. The van der Waals surface area contributed by atoms with E-state index in [1.54, 1.807) is 5.32 Å². The Morgan fingerprint density at radius 1 is 1.10 bits per heavy atom. The molecular weight excluding hydrogens is 424 g/mol. The molecule has 15 heteroatoms. The van der Waals surface area contributed by atoms with Crippen molar-refractivity contribution < 1.29 is 49.8 Å². The van der Waals surface area contributed by atoms with E-state index in [0.29, 0.717) is 13.1 Å². The van der Waals surface area contributed by atoms with E-state index in [0.717, 1.165) is 12.3 Å². The summed E-state index contributed by atoms with van der Waals surface area (Å²) in [6.07, 6.45) is -11.4. The zero-order valence-electron chi connectivity index (χ0n) is 13.8. The van der Waals surface area contributed by atoms with Crippen LogP contribution in [0.3, 0.4) is 0 Å². The number of carbonyl (C=O) groups excluding carboxylic acids is 2. The number of aromatic nitrogens is 3. The van der Waals surface area contributed by atoms with Gasteiger partial charge in [0.15, 0.2) is 5.69 Å². The van der Waals surface area contributed by atoms with Gasteiger partial charge in [0, 0.05) is 18.8 Å². The minimum atomic E-state index is -6.42. The van der Waals surface area contributed by atoms with Crippen molar-refractivity contribution in [2.45, 2.75) is 18.3 Å². The molecule has 2 rings (SSSR count). The van der Waals surface area contributed by atoms with Gasteiger partial charge in [-0.3, -0.25) is 9.48 Å². The van der Waals surface area contributed by atoms with Crippen molar-refractivity contribution in [2.24, 2.45) is 7.05 Å². The van der Waals surface area contributed by atoms with Gasteiger partial charge in [-0.15, -0.1) is 0 Å². The molecule has 0 aliphatic heterocycles. The standard InChI is InChI=1S/C14H8F8N4O3/c1-26-8(10(27)24-6-4-5(11(28)29)2-3-23-6)7(13(17,18)19)9(25-26)12(15,16)14(20,21)22/h2-4H,1H3,(H,28,29)(H,23,24,27)/p-1. The summed E-state index contributed by atoms with van der Waals surface area (Å²) in [5.74, 6) is -10.2. The molecule has 0 aliphatic rings. The van der Waals surface area contributed by atoms with Crippen LogP contribution in [0.25, 0.3) is 0 Å². The molecule has 1 amide bonds. The molecule has 0 saturated heterocycles. The van der Waals surface area contributed by atoms with Crippen molar-refractivity contribution in [3.63, 3.8) is 0 Å². The summed E-state index contributed by atoms with van der Waals surface area (Å²) < 4.78 is 105. The van der Waals surface area contributed by atoms with Crippen molar-refractivity contribution in [3.05, 3.63) is 40.8 Å². The van der Waals surface area contributed by atoms with Crippen LogP contribution < -0.4 is 10.4 Å². The largest absolute Gasteiger partial charge is 0.545 e. The number of alkyl halides is 8. The summed E-state index contributed by atoms with van der Waals surface area (Å²) in [4.78, 5) is 26.4. The number of carboxylic acids is 1. The predicted octanol–water partition coefficient (Wildman–Crippen LogP) is 2.10. The number of nitrogens with zero attached hydrogens (tertiary/aromatic N) is 3. The number of carbonyl (C=O) groups is 2. The molecule has 0 unspecified atom stereocenters. The highest BCUT2D eigenvalue weighted by atomic mass is 19.4. The van der Waals surface area contributed by atoms with Crippen molar-refractivity contribution in [2.75, 3.05) is 5.32 Å². The molecule has 0 spiro atoms. The van der Waals surface area contributed by atoms with Crippen LogP contribution in [0.15, 0.2) is 18.3 Å². The van der Waals surface area contributed by atoms with Crippen LogP contribution in [0.2, 0.25) is 0 Å². The molecule has 158 valence electrons. The lowest BCUT2D eigenvalue weighted by molar-refractivity contribution is -0.292. The zero-order chi connectivity index (χ0) is 22.4. The molecule has 2 heterocycles. The van der Waals surface area contributed by atoms with Crippen LogP contribution in [0.4, 0.5) is 40.9 Å². The van der Waals surface area contributed by atoms with Gasteiger partial charge >= 0.3 is 18.3 Å². The van der Waals surface area contributed by atoms with Gasteiger partial charge in [-0.1, -0.05) is 0 Å². The van der Waals surface area contributed by atoms with Crippen molar-refractivity contribution in [3.8, 4) is 0 Å². The maximum Gasteiger partial charge on any atom is 0.459 e. The maximum atomic E-state index is 13.6. The van der Waals surface area contributed by atoms with E-state index in [4.69, 9.17) is 0 Å². The molecule has 0 aromatic carbocycles. The van der Waals surface area contributed by atoms with E-state index in [-0.39, 0.29) is 4.68 Å². The smallest absolute Gasteiger partial charge is 0.459 e. The average Bonchev–Trinajstić information content (AvgIpc) is 2.92. The van der Waals surface area contributed by atoms with Gasteiger partial charge in [0.2, 0.25) is 0 Å². The number of aryl methyl sites for hydroxylation is 1. The first-order valence-electron chi connectivity index (χ1n) is 7.15.